The third kappa shape index (κ3) is 4.00. The first-order valence-corrected chi connectivity index (χ1v) is 8.95. The molecule has 0 unspecified atom stereocenters. The number of hydrogen-bond acceptors (Lipinski definition) is 5. The Morgan fingerprint density at radius 3 is 2.80 bits per heavy atom. The first-order chi connectivity index (χ1) is 12.0. The number of anilines is 1. The Labute approximate surface area is 158 Å². The summed E-state index contributed by atoms with van der Waals surface area (Å²) in [6, 6.07) is 8.49. The van der Waals surface area contributed by atoms with E-state index in [1.165, 1.54) is 11.8 Å². The zero-order valence-corrected chi connectivity index (χ0v) is 15.7. The third-order valence-electron chi connectivity index (χ3n) is 3.42. The molecular formula is C16H14Cl2N4O2S. The zero-order chi connectivity index (χ0) is 18.0. The smallest absolute Gasteiger partial charge is 0.237 e. The van der Waals surface area contributed by atoms with Gasteiger partial charge in [0.15, 0.2) is 16.7 Å². The SMILES string of the molecule is C[C@H](Sc1nnc(-c2ccco2)n1C)C(=O)Nc1ccc(Cl)cc1Cl. The lowest BCUT2D eigenvalue weighted by atomic mass is 10.3. The fraction of sp³-hybridized carbons (Fsp3) is 0.188. The summed E-state index contributed by atoms with van der Waals surface area (Å²) in [6.45, 7) is 1.78. The summed E-state index contributed by atoms with van der Waals surface area (Å²) in [7, 11) is 1.82. The molecule has 2 heterocycles. The maximum Gasteiger partial charge on any atom is 0.237 e. The number of hydrogen-bond donors (Lipinski definition) is 1. The van der Waals surface area contributed by atoms with Crippen LogP contribution >= 0.6 is 35.0 Å². The summed E-state index contributed by atoms with van der Waals surface area (Å²) >= 11 is 13.2. The van der Waals surface area contributed by atoms with Crippen molar-refractivity contribution >= 4 is 46.6 Å². The number of carbonyl (C=O) groups is 1. The van der Waals surface area contributed by atoms with Crippen molar-refractivity contribution in [2.75, 3.05) is 5.32 Å². The van der Waals surface area contributed by atoms with Crippen molar-refractivity contribution in [2.45, 2.75) is 17.3 Å². The maximum absolute atomic E-state index is 12.4. The van der Waals surface area contributed by atoms with E-state index in [1.54, 1.807) is 48.1 Å². The molecule has 1 N–H and O–H groups in total. The standard InChI is InChI=1S/C16H14Cl2N4O2S/c1-9(15(23)19-12-6-5-10(17)8-11(12)18)25-16-21-20-14(22(16)2)13-4-3-7-24-13/h3-9H,1-2H3,(H,19,23)/t9-/m0/s1. The van der Waals surface area contributed by atoms with Crippen LogP contribution in [0.5, 0.6) is 0 Å². The van der Waals surface area contributed by atoms with Gasteiger partial charge in [0.1, 0.15) is 0 Å². The molecule has 3 rings (SSSR count). The van der Waals surface area contributed by atoms with Gasteiger partial charge in [-0.2, -0.15) is 0 Å². The number of benzene rings is 1. The number of furan rings is 1. The summed E-state index contributed by atoms with van der Waals surface area (Å²) < 4.78 is 7.11. The largest absolute Gasteiger partial charge is 0.461 e. The number of thioether (sulfide) groups is 1. The molecule has 0 aliphatic heterocycles. The van der Waals surface area contributed by atoms with E-state index in [0.717, 1.165) is 0 Å². The van der Waals surface area contributed by atoms with Gasteiger partial charge in [-0.1, -0.05) is 35.0 Å². The highest BCUT2D eigenvalue weighted by molar-refractivity contribution is 8.00. The van der Waals surface area contributed by atoms with Crippen LogP contribution in [0.25, 0.3) is 11.6 Å². The van der Waals surface area contributed by atoms with Gasteiger partial charge in [-0.05, 0) is 37.3 Å². The van der Waals surface area contributed by atoms with E-state index in [-0.39, 0.29) is 5.91 Å². The van der Waals surface area contributed by atoms with E-state index in [1.807, 2.05) is 7.05 Å². The lowest BCUT2D eigenvalue weighted by molar-refractivity contribution is -0.115. The monoisotopic (exact) mass is 396 g/mol. The molecule has 2 aromatic heterocycles. The molecule has 1 amide bonds. The van der Waals surface area contributed by atoms with Gasteiger partial charge in [0.05, 0.1) is 22.2 Å². The molecule has 0 aliphatic rings. The summed E-state index contributed by atoms with van der Waals surface area (Å²) in [5, 5.41) is 12.1. The molecular weight excluding hydrogens is 383 g/mol. The fourth-order valence-electron chi connectivity index (χ4n) is 2.07. The van der Waals surface area contributed by atoms with E-state index < -0.39 is 5.25 Å². The lowest BCUT2D eigenvalue weighted by Crippen LogP contribution is -2.23. The highest BCUT2D eigenvalue weighted by Gasteiger charge is 2.20. The second-order valence-electron chi connectivity index (χ2n) is 5.22. The van der Waals surface area contributed by atoms with Gasteiger partial charge >= 0.3 is 0 Å². The topological polar surface area (TPSA) is 73.0 Å². The molecule has 1 aromatic carbocycles. The highest BCUT2D eigenvalue weighted by Crippen LogP contribution is 2.29. The Kier molecular flexibility index (Phi) is 5.36. The first kappa shape index (κ1) is 17.8. The Morgan fingerprint density at radius 2 is 2.12 bits per heavy atom. The van der Waals surface area contributed by atoms with Gasteiger partial charge < -0.3 is 14.3 Å². The fourth-order valence-corrected chi connectivity index (χ4v) is 3.35. The Hall–Kier alpha value is -1.96. The summed E-state index contributed by atoms with van der Waals surface area (Å²) in [5.41, 5.74) is 0.512. The van der Waals surface area contributed by atoms with Crippen molar-refractivity contribution in [3.05, 3.63) is 46.6 Å². The van der Waals surface area contributed by atoms with Gasteiger partial charge in [0.25, 0.3) is 0 Å². The Bertz CT molecular complexity index is 896. The molecule has 0 bridgehead atoms. The number of rotatable bonds is 5. The molecule has 25 heavy (non-hydrogen) atoms. The molecule has 0 radical (unpaired) electrons. The normalized spacial score (nSPS) is 12.2. The molecule has 0 spiro atoms. The first-order valence-electron chi connectivity index (χ1n) is 7.31. The van der Waals surface area contributed by atoms with E-state index in [0.29, 0.717) is 32.5 Å². The number of halogens is 2. The van der Waals surface area contributed by atoms with Crippen molar-refractivity contribution in [2.24, 2.45) is 7.05 Å². The predicted molar refractivity (Wildman–Crippen MR) is 99.1 cm³/mol. The number of aromatic nitrogens is 3. The predicted octanol–water partition coefficient (Wildman–Crippen LogP) is 4.50. The van der Waals surface area contributed by atoms with E-state index in [4.69, 9.17) is 27.6 Å². The van der Waals surface area contributed by atoms with Gasteiger partial charge in [0, 0.05) is 12.1 Å². The molecule has 6 nitrogen and oxygen atoms in total. The Morgan fingerprint density at radius 1 is 1.32 bits per heavy atom. The van der Waals surface area contributed by atoms with Crippen LogP contribution in [0.2, 0.25) is 10.0 Å². The van der Waals surface area contributed by atoms with Crippen molar-refractivity contribution < 1.29 is 9.21 Å². The minimum Gasteiger partial charge on any atom is -0.461 e. The minimum absolute atomic E-state index is 0.197. The third-order valence-corrected chi connectivity index (χ3v) is 5.10. The summed E-state index contributed by atoms with van der Waals surface area (Å²) in [6.07, 6.45) is 1.57. The van der Waals surface area contributed by atoms with Gasteiger partial charge in [-0.15, -0.1) is 10.2 Å². The lowest BCUT2D eigenvalue weighted by Gasteiger charge is -2.12. The van der Waals surface area contributed by atoms with Crippen molar-refractivity contribution in [1.82, 2.24) is 14.8 Å². The van der Waals surface area contributed by atoms with Crippen molar-refractivity contribution in [3.63, 3.8) is 0 Å². The molecule has 1 atom stereocenters. The maximum atomic E-state index is 12.4. The molecule has 130 valence electrons. The molecule has 0 saturated heterocycles. The number of amides is 1. The van der Waals surface area contributed by atoms with Crippen LogP contribution < -0.4 is 5.32 Å². The molecule has 0 aliphatic carbocycles. The second-order valence-corrected chi connectivity index (χ2v) is 7.37. The summed E-state index contributed by atoms with van der Waals surface area (Å²) in [4.78, 5) is 12.4. The van der Waals surface area contributed by atoms with Crippen LogP contribution in [-0.4, -0.2) is 25.9 Å². The average molecular weight is 397 g/mol. The number of nitrogens with one attached hydrogen (secondary N) is 1. The van der Waals surface area contributed by atoms with Gasteiger partial charge in [-0.25, -0.2) is 0 Å². The van der Waals surface area contributed by atoms with Gasteiger partial charge in [0.2, 0.25) is 5.91 Å². The Balaban J connectivity index is 1.69. The summed E-state index contributed by atoms with van der Waals surface area (Å²) in [5.74, 6) is 1.02. The quantitative estimate of drug-likeness (QED) is 0.642. The zero-order valence-electron chi connectivity index (χ0n) is 13.4. The van der Waals surface area contributed by atoms with E-state index in [9.17, 15) is 4.79 Å². The van der Waals surface area contributed by atoms with Crippen LogP contribution in [0.4, 0.5) is 5.69 Å². The molecule has 9 heteroatoms. The molecule has 0 saturated carbocycles. The second kappa shape index (κ2) is 7.51. The number of carbonyl (C=O) groups excluding carboxylic acids is 1. The highest BCUT2D eigenvalue weighted by atomic mass is 35.5. The van der Waals surface area contributed by atoms with Crippen LogP contribution in [-0.2, 0) is 11.8 Å². The van der Waals surface area contributed by atoms with Crippen LogP contribution in [0.1, 0.15) is 6.92 Å². The van der Waals surface area contributed by atoms with E-state index >= 15 is 0 Å². The van der Waals surface area contributed by atoms with Crippen molar-refractivity contribution in [1.29, 1.82) is 0 Å². The van der Waals surface area contributed by atoms with Crippen LogP contribution in [0.3, 0.4) is 0 Å². The van der Waals surface area contributed by atoms with Crippen LogP contribution in [0.15, 0.2) is 46.2 Å². The van der Waals surface area contributed by atoms with Gasteiger partial charge in [-0.3, -0.25) is 4.79 Å². The van der Waals surface area contributed by atoms with E-state index in [2.05, 4.69) is 15.5 Å². The minimum atomic E-state index is -0.404. The molecule has 3 aromatic rings. The van der Waals surface area contributed by atoms with Crippen molar-refractivity contribution in [3.8, 4) is 11.6 Å². The average Bonchev–Trinajstić information content (AvgIpc) is 3.20. The number of nitrogens with zero attached hydrogens (tertiary/aromatic N) is 3. The molecule has 0 fully saturated rings. The van der Waals surface area contributed by atoms with Crippen LogP contribution in [0, 0.1) is 0 Å².